The number of fused-ring (bicyclic) bond motifs is 1. The Morgan fingerprint density at radius 1 is 1.30 bits per heavy atom. The predicted octanol–water partition coefficient (Wildman–Crippen LogP) is 3.70. The summed E-state index contributed by atoms with van der Waals surface area (Å²) in [6.45, 7) is 3.49. The molecular formula is C19H21ClN2O4S. The zero-order chi connectivity index (χ0) is 19.8. The molecule has 1 atom stereocenters. The number of halogens is 1. The maximum atomic E-state index is 12.7. The van der Waals surface area contributed by atoms with Gasteiger partial charge in [-0.05, 0) is 62.2 Å². The highest BCUT2D eigenvalue weighted by Crippen LogP contribution is 2.35. The van der Waals surface area contributed by atoms with E-state index in [-0.39, 0.29) is 17.7 Å². The van der Waals surface area contributed by atoms with Crippen LogP contribution in [0, 0.1) is 0 Å². The Balaban J connectivity index is 1.89. The van der Waals surface area contributed by atoms with Gasteiger partial charge in [0.25, 0.3) is 5.91 Å². The van der Waals surface area contributed by atoms with Gasteiger partial charge in [-0.3, -0.25) is 9.10 Å². The van der Waals surface area contributed by atoms with E-state index in [9.17, 15) is 13.2 Å². The lowest BCUT2D eigenvalue weighted by atomic mass is 10.1. The fraction of sp³-hybridized carbons (Fsp3) is 0.316. The number of carbonyl (C=O) groups is 1. The molecule has 8 heteroatoms. The number of sulfonamides is 1. The van der Waals surface area contributed by atoms with Gasteiger partial charge in [-0.15, -0.1) is 0 Å². The molecule has 1 aliphatic rings. The number of ether oxygens (including phenoxy) is 1. The monoisotopic (exact) mass is 408 g/mol. The van der Waals surface area contributed by atoms with E-state index >= 15 is 0 Å². The number of nitrogens with one attached hydrogen (secondary N) is 1. The van der Waals surface area contributed by atoms with E-state index in [2.05, 4.69) is 5.32 Å². The van der Waals surface area contributed by atoms with Gasteiger partial charge in [-0.2, -0.15) is 0 Å². The van der Waals surface area contributed by atoms with Gasteiger partial charge in [0.1, 0.15) is 5.75 Å². The molecule has 1 heterocycles. The fourth-order valence-electron chi connectivity index (χ4n) is 3.28. The highest BCUT2D eigenvalue weighted by Gasteiger charge is 2.34. The smallest absolute Gasteiger partial charge is 0.255 e. The minimum Gasteiger partial charge on any atom is -0.495 e. The number of amides is 1. The minimum atomic E-state index is -3.35. The van der Waals surface area contributed by atoms with Crippen molar-refractivity contribution in [1.29, 1.82) is 0 Å². The number of methoxy groups -OCH3 is 1. The second kappa shape index (κ2) is 7.40. The van der Waals surface area contributed by atoms with Crippen molar-refractivity contribution >= 4 is 38.9 Å². The molecule has 0 bridgehead atoms. The molecule has 27 heavy (non-hydrogen) atoms. The Labute approximate surface area is 164 Å². The van der Waals surface area contributed by atoms with Gasteiger partial charge in [-0.25, -0.2) is 8.42 Å². The Hall–Kier alpha value is -2.25. The molecule has 1 aliphatic heterocycles. The second-order valence-electron chi connectivity index (χ2n) is 6.39. The summed E-state index contributed by atoms with van der Waals surface area (Å²) in [5.41, 5.74) is 2.39. The quantitative estimate of drug-likeness (QED) is 0.818. The van der Waals surface area contributed by atoms with Crippen molar-refractivity contribution in [2.75, 3.05) is 22.5 Å². The number of carbonyl (C=O) groups excluding carboxylic acids is 1. The summed E-state index contributed by atoms with van der Waals surface area (Å²) in [5.74, 6) is 0.221. The summed E-state index contributed by atoms with van der Waals surface area (Å²) in [5, 5.41) is 3.27. The molecule has 2 aromatic carbocycles. The molecule has 0 aliphatic carbocycles. The number of rotatable bonds is 5. The summed E-state index contributed by atoms with van der Waals surface area (Å²) in [7, 11) is -1.84. The summed E-state index contributed by atoms with van der Waals surface area (Å²) < 4.78 is 31.4. The van der Waals surface area contributed by atoms with Crippen molar-refractivity contribution in [3.05, 3.63) is 52.5 Å². The number of hydrogen-bond donors (Lipinski definition) is 1. The van der Waals surface area contributed by atoms with Crippen LogP contribution >= 0.6 is 11.6 Å². The second-order valence-corrected chi connectivity index (χ2v) is 8.96. The van der Waals surface area contributed by atoms with Crippen LogP contribution in [-0.4, -0.2) is 33.2 Å². The molecule has 0 radical (unpaired) electrons. The molecule has 3 rings (SSSR count). The van der Waals surface area contributed by atoms with Gasteiger partial charge in [-0.1, -0.05) is 11.6 Å². The Morgan fingerprint density at radius 3 is 2.70 bits per heavy atom. The first-order chi connectivity index (χ1) is 12.8. The van der Waals surface area contributed by atoms with E-state index in [0.717, 1.165) is 5.56 Å². The average Bonchev–Trinajstić information content (AvgIpc) is 2.97. The van der Waals surface area contributed by atoms with E-state index in [4.69, 9.17) is 16.3 Å². The maximum absolute atomic E-state index is 12.7. The zero-order valence-corrected chi connectivity index (χ0v) is 16.9. The van der Waals surface area contributed by atoms with E-state index in [1.807, 2.05) is 6.92 Å². The van der Waals surface area contributed by atoms with Crippen molar-refractivity contribution in [2.24, 2.45) is 0 Å². The molecule has 0 unspecified atom stereocenters. The fourth-order valence-corrected chi connectivity index (χ4v) is 4.83. The highest BCUT2D eigenvalue weighted by molar-refractivity contribution is 7.92. The van der Waals surface area contributed by atoms with Crippen molar-refractivity contribution in [2.45, 2.75) is 26.3 Å². The van der Waals surface area contributed by atoms with Gasteiger partial charge in [0, 0.05) is 16.6 Å². The predicted molar refractivity (Wildman–Crippen MR) is 108 cm³/mol. The molecule has 1 N–H and O–H groups in total. The normalized spacial score (nSPS) is 16.1. The van der Waals surface area contributed by atoms with Crippen LogP contribution in [0.1, 0.15) is 29.8 Å². The standard InChI is InChI=1S/C19H21ClN2O4S/c1-4-27(24,25)22-12(2)9-14-10-13(5-7-17(14)22)19(23)21-16-11-15(20)6-8-18(16)26-3/h5-8,10-12H,4,9H2,1-3H3,(H,21,23)/t12-/m1/s1. The van der Waals surface area contributed by atoms with Crippen LogP contribution in [0.15, 0.2) is 36.4 Å². The van der Waals surface area contributed by atoms with E-state index in [1.165, 1.54) is 11.4 Å². The molecule has 0 saturated carbocycles. The van der Waals surface area contributed by atoms with Crippen LogP contribution in [-0.2, 0) is 16.4 Å². The SMILES string of the molecule is CCS(=O)(=O)N1c2ccc(C(=O)Nc3cc(Cl)ccc3OC)cc2C[C@H]1C. The maximum Gasteiger partial charge on any atom is 0.255 e. The molecule has 2 aromatic rings. The van der Waals surface area contributed by atoms with Crippen molar-refractivity contribution in [3.8, 4) is 5.75 Å². The third-order valence-electron chi connectivity index (χ3n) is 4.57. The Bertz CT molecular complexity index is 991. The molecule has 144 valence electrons. The van der Waals surface area contributed by atoms with Crippen LogP contribution in [0.5, 0.6) is 5.75 Å². The molecule has 0 aromatic heterocycles. The summed E-state index contributed by atoms with van der Waals surface area (Å²) in [6.07, 6.45) is 0.566. The van der Waals surface area contributed by atoms with Gasteiger partial charge in [0.15, 0.2) is 0 Å². The van der Waals surface area contributed by atoms with Crippen molar-refractivity contribution in [3.63, 3.8) is 0 Å². The van der Waals surface area contributed by atoms with Gasteiger partial charge >= 0.3 is 0 Å². The highest BCUT2D eigenvalue weighted by atomic mass is 35.5. The Kier molecular flexibility index (Phi) is 5.35. The van der Waals surface area contributed by atoms with Crippen LogP contribution < -0.4 is 14.4 Å². The molecule has 0 saturated heterocycles. The van der Waals surface area contributed by atoms with E-state index in [1.54, 1.807) is 43.3 Å². The lowest BCUT2D eigenvalue weighted by Gasteiger charge is -2.23. The minimum absolute atomic E-state index is 0.0353. The summed E-state index contributed by atoms with van der Waals surface area (Å²) in [6, 6.07) is 9.85. The molecular weight excluding hydrogens is 388 g/mol. The first kappa shape index (κ1) is 19.5. The third-order valence-corrected chi connectivity index (χ3v) is 6.69. The van der Waals surface area contributed by atoms with Crippen LogP contribution in [0.2, 0.25) is 5.02 Å². The average molecular weight is 409 g/mol. The number of nitrogens with zero attached hydrogens (tertiary/aromatic N) is 1. The van der Waals surface area contributed by atoms with E-state index < -0.39 is 10.0 Å². The van der Waals surface area contributed by atoms with Crippen LogP contribution in [0.4, 0.5) is 11.4 Å². The summed E-state index contributed by atoms with van der Waals surface area (Å²) >= 11 is 6.00. The van der Waals surface area contributed by atoms with Crippen molar-refractivity contribution in [1.82, 2.24) is 0 Å². The first-order valence-corrected chi connectivity index (χ1v) is 10.6. The lowest BCUT2D eigenvalue weighted by Crippen LogP contribution is -2.36. The molecule has 0 fully saturated rings. The van der Waals surface area contributed by atoms with Crippen molar-refractivity contribution < 1.29 is 17.9 Å². The van der Waals surface area contributed by atoms with Gasteiger partial charge < -0.3 is 10.1 Å². The van der Waals surface area contributed by atoms with Gasteiger partial charge in [0.05, 0.1) is 24.2 Å². The lowest BCUT2D eigenvalue weighted by molar-refractivity contribution is 0.102. The topological polar surface area (TPSA) is 75.7 Å². The molecule has 6 nitrogen and oxygen atoms in total. The zero-order valence-electron chi connectivity index (χ0n) is 15.3. The first-order valence-electron chi connectivity index (χ1n) is 8.56. The number of anilines is 2. The largest absolute Gasteiger partial charge is 0.495 e. The Morgan fingerprint density at radius 2 is 2.04 bits per heavy atom. The number of benzene rings is 2. The number of hydrogen-bond acceptors (Lipinski definition) is 4. The molecule has 0 spiro atoms. The van der Waals surface area contributed by atoms with Crippen LogP contribution in [0.25, 0.3) is 0 Å². The third kappa shape index (κ3) is 3.75. The summed E-state index contributed by atoms with van der Waals surface area (Å²) in [4.78, 5) is 12.7. The molecule has 1 amide bonds. The van der Waals surface area contributed by atoms with Gasteiger partial charge in [0.2, 0.25) is 10.0 Å². The van der Waals surface area contributed by atoms with Crippen LogP contribution in [0.3, 0.4) is 0 Å². The van der Waals surface area contributed by atoms with E-state index in [0.29, 0.717) is 34.1 Å².